The highest BCUT2D eigenvalue weighted by molar-refractivity contribution is 5.72. The van der Waals surface area contributed by atoms with Crippen LogP contribution >= 0.6 is 0 Å². The molecule has 0 aliphatic heterocycles. The van der Waals surface area contributed by atoms with Crippen LogP contribution in [0, 0.1) is 17.8 Å². The van der Waals surface area contributed by atoms with E-state index in [0.29, 0.717) is 18.3 Å². The molecule has 0 aromatic rings. The van der Waals surface area contributed by atoms with Gasteiger partial charge >= 0.3 is 5.97 Å². The smallest absolute Gasteiger partial charge is 0.308 e. The molecule has 2 aliphatic carbocycles. The summed E-state index contributed by atoms with van der Waals surface area (Å²) in [6, 6.07) is 0.146. The average Bonchev–Trinajstić information content (AvgIpc) is 2.77. The van der Waals surface area contributed by atoms with E-state index in [1.165, 1.54) is 6.42 Å². The van der Waals surface area contributed by atoms with Gasteiger partial charge in [-0.2, -0.15) is 0 Å². The van der Waals surface area contributed by atoms with E-state index >= 15 is 0 Å². The Kier molecular flexibility index (Phi) is 3.26. The average molecular weight is 213 g/mol. The van der Waals surface area contributed by atoms with E-state index < -0.39 is 5.97 Å². The molecule has 2 rings (SSSR count). The van der Waals surface area contributed by atoms with Crippen LogP contribution in [0.2, 0.25) is 0 Å². The predicted octanol–water partition coefficient (Wildman–Crippen LogP) is 0.458. The van der Waals surface area contributed by atoms with Gasteiger partial charge in [0, 0.05) is 12.6 Å². The summed E-state index contributed by atoms with van der Waals surface area (Å²) in [5.74, 6) is 0.0973. The van der Waals surface area contributed by atoms with Crippen LogP contribution in [-0.2, 0) is 4.79 Å². The standard InChI is InChI=1S/C11H19NO3/c13-5-1-4-12-10-8-3-2-7(6-8)9(10)11(14)15/h7-10,12-13H,1-6H2,(H,14,15). The van der Waals surface area contributed by atoms with Crippen molar-refractivity contribution in [2.75, 3.05) is 13.2 Å². The number of carbonyl (C=O) groups is 1. The first-order chi connectivity index (χ1) is 7.24. The second-order valence-corrected chi connectivity index (χ2v) is 4.75. The van der Waals surface area contributed by atoms with Gasteiger partial charge in [-0.25, -0.2) is 0 Å². The first-order valence-electron chi connectivity index (χ1n) is 5.81. The molecule has 0 heterocycles. The molecule has 4 heteroatoms. The van der Waals surface area contributed by atoms with Crippen molar-refractivity contribution in [3.63, 3.8) is 0 Å². The predicted molar refractivity (Wildman–Crippen MR) is 55.5 cm³/mol. The fourth-order valence-electron chi connectivity index (χ4n) is 3.29. The Balaban J connectivity index is 1.93. The molecular weight excluding hydrogens is 194 g/mol. The van der Waals surface area contributed by atoms with Crippen LogP contribution in [0.5, 0.6) is 0 Å². The highest BCUT2D eigenvalue weighted by atomic mass is 16.4. The number of aliphatic hydroxyl groups excluding tert-OH is 1. The Morgan fingerprint density at radius 2 is 2.07 bits per heavy atom. The van der Waals surface area contributed by atoms with Crippen molar-refractivity contribution in [2.45, 2.75) is 31.7 Å². The first kappa shape index (κ1) is 10.9. The summed E-state index contributed by atoms with van der Waals surface area (Å²) in [5, 5.41) is 21.2. The van der Waals surface area contributed by atoms with E-state index in [9.17, 15) is 9.90 Å². The molecule has 0 aromatic heterocycles. The van der Waals surface area contributed by atoms with Crippen molar-refractivity contribution in [1.29, 1.82) is 0 Å². The molecule has 2 fully saturated rings. The third-order valence-electron chi connectivity index (χ3n) is 3.92. The topological polar surface area (TPSA) is 69.6 Å². The second-order valence-electron chi connectivity index (χ2n) is 4.75. The lowest BCUT2D eigenvalue weighted by molar-refractivity contribution is -0.144. The van der Waals surface area contributed by atoms with Gasteiger partial charge in [0.1, 0.15) is 0 Å². The fraction of sp³-hybridized carbons (Fsp3) is 0.909. The van der Waals surface area contributed by atoms with E-state index in [0.717, 1.165) is 19.4 Å². The van der Waals surface area contributed by atoms with Gasteiger partial charge in [-0.05, 0) is 44.1 Å². The maximum Gasteiger partial charge on any atom is 0.308 e. The van der Waals surface area contributed by atoms with Crippen molar-refractivity contribution >= 4 is 5.97 Å². The summed E-state index contributed by atoms with van der Waals surface area (Å²) in [6.07, 6.45) is 4.04. The third-order valence-corrected chi connectivity index (χ3v) is 3.92. The number of rotatable bonds is 5. The zero-order chi connectivity index (χ0) is 10.8. The van der Waals surface area contributed by atoms with Crippen LogP contribution in [0.3, 0.4) is 0 Å². The number of hydrogen-bond donors (Lipinski definition) is 3. The van der Waals surface area contributed by atoms with Crippen molar-refractivity contribution < 1.29 is 15.0 Å². The van der Waals surface area contributed by atoms with Crippen molar-refractivity contribution in [3.05, 3.63) is 0 Å². The van der Waals surface area contributed by atoms with E-state index in [-0.39, 0.29) is 18.6 Å². The van der Waals surface area contributed by atoms with Gasteiger partial charge in [-0.1, -0.05) is 0 Å². The number of aliphatic carboxylic acids is 1. The van der Waals surface area contributed by atoms with Crippen LogP contribution in [0.15, 0.2) is 0 Å². The number of carboxylic acid groups (broad SMARTS) is 1. The Hall–Kier alpha value is -0.610. The van der Waals surface area contributed by atoms with Gasteiger partial charge in [-0.3, -0.25) is 4.79 Å². The Labute approximate surface area is 89.7 Å². The molecule has 15 heavy (non-hydrogen) atoms. The van der Waals surface area contributed by atoms with Crippen molar-refractivity contribution in [3.8, 4) is 0 Å². The lowest BCUT2D eigenvalue weighted by Crippen LogP contribution is -2.44. The maximum absolute atomic E-state index is 11.1. The fourth-order valence-corrected chi connectivity index (χ4v) is 3.29. The lowest BCUT2D eigenvalue weighted by Gasteiger charge is -2.28. The first-order valence-corrected chi connectivity index (χ1v) is 5.81. The molecule has 0 spiro atoms. The van der Waals surface area contributed by atoms with Crippen LogP contribution in [0.1, 0.15) is 25.7 Å². The van der Waals surface area contributed by atoms with Gasteiger partial charge in [0.05, 0.1) is 5.92 Å². The summed E-state index contributed by atoms with van der Waals surface area (Å²) < 4.78 is 0. The number of carboxylic acids is 1. The minimum atomic E-state index is -0.649. The van der Waals surface area contributed by atoms with E-state index in [2.05, 4.69) is 5.32 Å². The van der Waals surface area contributed by atoms with Crippen LogP contribution < -0.4 is 5.32 Å². The summed E-state index contributed by atoms with van der Waals surface area (Å²) in [4.78, 5) is 11.1. The summed E-state index contributed by atoms with van der Waals surface area (Å²) in [5.41, 5.74) is 0. The van der Waals surface area contributed by atoms with E-state index in [4.69, 9.17) is 5.11 Å². The minimum absolute atomic E-state index is 0.146. The van der Waals surface area contributed by atoms with Crippen LogP contribution in [0.25, 0.3) is 0 Å². The number of nitrogens with one attached hydrogen (secondary N) is 1. The molecular formula is C11H19NO3. The van der Waals surface area contributed by atoms with Gasteiger partial charge in [0.25, 0.3) is 0 Å². The molecule has 4 nitrogen and oxygen atoms in total. The zero-order valence-corrected chi connectivity index (χ0v) is 8.85. The Morgan fingerprint density at radius 1 is 1.33 bits per heavy atom. The van der Waals surface area contributed by atoms with Gasteiger partial charge in [0.2, 0.25) is 0 Å². The molecule has 2 saturated carbocycles. The third kappa shape index (κ3) is 2.01. The summed E-state index contributed by atoms with van der Waals surface area (Å²) in [7, 11) is 0. The lowest BCUT2D eigenvalue weighted by atomic mass is 9.84. The summed E-state index contributed by atoms with van der Waals surface area (Å²) >= 11 is 0. The SMILES string of the molecule is O=C(O)C1C2CCC(C2)C1NCCCO. The highest BCUT2D eigenvalue weighted by Gasteiger charge is 2.50. The Bertz CT molecular complexity index is 244. The van der Waals surface area contributed by atoms with Gasteiger partial charge in [-0.15, -0.1) is 0 Å². The van der Waals surface area contributed by atoms with Crippen LogP contribution in [0.4, 0.5) is 0 Å². The number of aliphatic hydroxyl groups is 1. The monoisotopic (exact) mass is 213 g/mol. The molecule has 4 unspecified atom stereocenters. The molecule has 2 bridgehead atoms. The molecule has 2 aliphatic rings. The van der Waals surface area contributed by atoms with Gasteiger partial charge < -0.3 is 15.5 Å². The second kappa shape index (κ2) is 4.49. The number of fused-ring (bicyclic) bond motifs is 2. The van der Waals surface area contributed by atoms with E-state index in [1.807, 2.05) is 0 Å². The summed E-state index contributed by atoms with van der Waals surface area (Å²) in [6.45, 7) is 0.902. The van der Waals surface area contributed by atoms with E-state index in [1.54, 1.807) is 0 Å². The highest BCUT2D eigenvalue weighted by Crippen LogP contribution is 2.48. The van der Waals surface area contributed by atoms with Crippen molar-refractivity contribution in [1.82, 2.24) is 5.32 Å². The Morgan fingerprint density at radius 3 is 2.73 bits per heavy atom. The molecule has 0 amide bonds. The zero-order valence-electron chi connectivity index (χ0n) is 8.85. The van der Waals surface area contributed by atoms with Crippen LogP contribution in [-0.4, -0.2) is 35.4 Å². The largest absolute Gasteiger partial charge is 0.481 e. The maximum atomic E-state index is 11.1. The molecule has 3 N–H and O–H groups in total. The molecule has 86 valence electrons. The van der Waals surface area contributed by atoms with Gasteiger partial charge in [0.15, 0.2) is 0 Å². The number of hydrogen-bond acceptors (Lipinski definition) is 3. The normalized spacial score (nSPS) is 38.5. The minimum Gasteiger partial charge on any atom is -0.481 e. The molecule has 0 saturated heterocycles. The molecule has 4 atom stereocenters. The quantitative estimate of drug-likeness (QED) is 0.580. The van der Waals surface area contributed by atoms with Crippen molar-refractivity contribution in [2.24, 2.45) is 17.8 Å². The molecule has 0 aromatic carbocycles. The molecule has 0 radical (unpaired) electrons.